The van der Waals surface area contributed by atoms with Crippen LogP contribution in [0, 0.1) is 11.6 Å². The van der Waals surface area contributed by atoms with Crippen LogP contribution in [0.2, 0.25) is 0 Å². The maximum Gasteiger partial charge on any atom is 0.260 e. The molecule has 0 unspecified atom stereocenters. The van der Waals surface area contributed by atoms with E-state index in [1.54, 1.807) is 0 Å². The van der Waals surface area contributed by atoms with Gasteiger partial charge in [-0.15, -0.1) is 0 Å². The fourth-order valence-electron chi connectivity index (χ4n) is 1.24. The number of hydrogen-bond donors (Lipinski definition) is 1. The monoisotopic (exact) mass is 301 g/mol. The van der Waals surface area contributed by atoms with Crippen LogP contribution in [0.5, 0.6) is 0 Å². The summed E-state index contributed by atoms with van der Waals surface area (Å²) in [7, 11) is 0. The van der Waals surface area contributed by atoms with Gasteiger partial charge >= 0.3 is 0 Å². The average Bonchev–Trinajstić information content (AvgIpc) is 2.68. The van der Waals surface area contributed by atoms with E-state index in [2.05, 4.69) is 21.2 Å². The lowest BCUT2D eigenvalue weighted by molar-refractivity contribution is 0.102. The van der Waals surface area contributed by atoms with Crippen molar-refractivity contribution in [1.29, 1.82) is 0 Å². The molecule has 17 heavy (non-hydrogen) atoms. The molecule has 0 fully saturated rings. The molecule has 0 aliphatic carbocycles. The van der Waals surface area contributed by atoms with E-state index < -0.39 is 17.5 Å². The minimum absolute atomic E-state index is 0.0931. The van der Waals surface area contributed by atoms with Crippen LogP contribution in [-0.4, -0.2) is 5.91 Å². The van der Waals surface area contributed by atoms with Gasteiger partial charge in [0.15, 0.2) is 4.67 Å². The summed E-state index contributed by atoms with van der Waals surface area (Å²) < 4.78 is 31.0. The molecule has 1 N–H and O–H groups in total. The summed E-state index contributed by atoms with van der Waals surface area (Å²) in [5.41, 5.74) is 0.137. The van der Waals surface area contributed by atoms with Crippen LogP contribution < -0.4 is 5.32 Å². The first-order valence-electron chi connectivity index (χ1n) is 4.57. The van der Waals surface area contributed by atoms with E-state index in [0.717, 1.165) is 12.1 Å². The Bertz CT molecular complexity index is 568. The van der Waals surface area contributed by atoms with Crippen molar-refractivity contribution in [3.05, 3.63) is 52.4 Å². The molecule has 6 heteroatoms. The molecule has 1 aromatic carbocycles. The highest BCUT2D eigenvalue weighted by atomic mass is 79.9. The van der Waals surface area contributed by atoms with Crippen molar-refractivity contribution < 1.29 is 18.0 Å². The second kappa shape index (κ2) is 4.67. The zero-order valence-electron chi connectivity index (χ0n) is 8.34. The predicted octanol–water partition coefficient (Wildman–Crippen LogP) is 3.57. The zero-order chi connectivity index (χ0) is 12.4. The van der Waals surface area contributed by atoms with E-state index in [0.29, 0.717) is 6.07 Å². The van der Waals surface area contributed by atoms with Crippen molar-refractivity contribution in [2.45, 2.75) is 0 Å². The number of rotatable bonds is 2. The van der Waals surface area contributed by atoms with Gasteiger partial charge in [-0.1, -0.05) is 0 Å². The molecule has 1 amide bonds. The van der Waals surface area contributed by atoms with Crippen molar-refractivity contribution in [1.82, 2.24) is 0 Å². The highest BCUT2D eigenvalue weighted by molar-refractivity contribution is 9.10. The van der Waals surface area contributed by atoms with Crippen molar-refractivity contribution in [2.75, 3.05) is 5.32 Å². The molecule has 0 bridgehead atoms. The number of amides is 1. The topological polar surface area (TPSA) is 42.2 Å². The summed E-state index contributed by atoms with van der Waals surface area (Å²) in [5, 5.41) is 2.31. The smallest absolute Gasteiger partial charge is 0.260 e. The number of hydrogen-bond acceptors (Lipinski definition) is 2. The van der Waals surface area contributed by atoms with Gasteiger partial charge in [0, 0.05) is 6.07 Å². The van der Waals surface area contributed by atoms with Crippen molar-refractivity contribution in [3.8, 4) is 0 Å². The summed E-state index contributed by atoms with van der Waals surface area (Å²) in [6.07, 6.45) is 1.32. The van der Waals surface area contributed by atoms with E-state index in [4.69, 9.17) is 4.42 Å². The van der Waals surface area contributed by atoms with Crippen LogP contribution in [0.3, 0.4) is 0 Å². The molecule has 0 atom stereocenters. The molecular weight excluding hydrogens is 296 g/mol. The van der Waals surface area contributed by atoms with E-state index in [-0.39, 0.29) is 15.9 Å². The number of carbonyl (C=O) groups is 1. The Morgan fingerprint density at radius 3 is 2.65 bits per heavy atom. The van der Waals surface area contributed by atoms with Gasteiger partial charge in [0.05, 0.1) is 17.5 Å². The summed E-state index contributed by atoms with van der Waals surface area (Å²) in [5.74, 6) is -2.08. The van der Waals surface area contributed by atoms with E-state index >= 15 is 0 Å². The molecule has 2 rings (SSSR count). The van der Waals surface area contributed by atoms with Crippen LogP contribution >= 0.6 is 15.9 Å². The standard InChI is InChI=1S/C11H6BrF2NO2/c12-10-7(3-4-17-10)11(16)15-9-2-1-6(13)5-8(9)14/h1-5H,(H,15,16). The third kappa shape index (κ3) is 2.52. The minimum atomic E-state index is -0.835. The fourth-order valence-corrected chi connectivity index (χ4v) is 1.66. The van der Waals surface area contributed by atoms with Crippen molar-refractivity contribution >= 4 is 27.5 Å². The van der Waals surface area contributed by atoms with Gasteiger partial charge in [-0.05, 0) is 34.1 Å². The van der Waals surface area contributed by atoms with E-state index in [9.17, 15) is 13.6 Å². The fraction of sp³-hybridized carbons (Fsp3) is 0. The number of carbonyl (C=O) groups excluding carboxylic acids is 1. The van der Waals surface area contributed by atoms with Gasteiger partial charge in [0.25, 0.3) is 5.91 Å². The molecule has 1 aromatic heterocycles. The maximum absolute atomic E-state index is 13.3. The lowest BCUT2D eigenvalue weighted by Gasteiger charge is -2.05. The first kappa shape index (κ1) is 11.8. The highest BCUT2D eigenvalue weighted by Crippen LogP contribution is 2.20. The lowest BCUT2D eigenvalue weighted by atomic mass is 10.2. The predicted molar refractivity (Wildman–Crippen MR) is 60.7 cm³/mol. The Kier molecular flexibility index (Phi) is 3.23. The summed E-state index contributed by atoms with van der Waals surface area (Å²) in [4.78, 5) is 11.7. The summed E-state index contributed by atoms with van der Waals surface area (Å²) >= 11 is 3.03. The highest BCUT2D eigenvalue weighted by Gasteiger charge is 2.14. The molecule has 3 nitrogen and oxygen atoms in total. The molecule has 0 radical (unpaired) electrons. The number of furan rings is 1. The molecule has 0 saturated carbocycles. The van der Waals surface area contributed by atoms with Crippen LogP contribution in [0.1, 0.15) is 10.4 Å². The van der Waals surface area contributed by atoms with Crippen molar-refractivity contribution in [2.24, 2.45) is 0 Å². The minimum Gasteiger partial charge on any atom is -0.457 e. The molecule has 88 valence electrons. The largest absolute Gasteiger partial charge is 0.457 e. The normalized spacial score (nSPS) is 10.3. The summed E-state index contributed by atoms with van der Waals surface area (Å²) in [6, 6.07) is 4.33. The average molecular weight is 302 g/mol. The van der Waals surface area contributed by atoms with Gasteiger partial charge in [-0.25, -0.2) is 8.78 Å². The van der Waals surface area contributed by atoms with E-state index in [1.165, 1.54) is 12.3 Å². The third-order valence-corrected chi connectivity index (χ3v) is 2.66. The van der Waals surface area contributed by atoms with Crippen LogP contribution in [-0.2, 0) is 0 Å². The Morgan fingerprint density at radius 2 is 2.06 bits per heavy atom. The SMILES string of the molecule is O=C(Nc1ccc(F)cc1F)c1ccoc1Br. The molecule has 0 spiro atoms. The van der Waals surface area contributed by atoms with Crippen LogP contribution in [0.15, 0.2) is 39.6 Å². The maximum atomic E-state index is 13.3. The number of anilines is 1. The third-order valence-electron chi connectivity index (χ3n) is 2.04. The molecule has 0 aliphatic heterocycles. The zero-order valence-corrected chi connectivity index (χ0v) is 9.92. The Morgan fingerprint density at radius 1 is 1.29 bits per heavy atom. The van der Waals surface area contributed by atoms with Gasteiger partial charge in [0.2, 0.25) is 0 Å². The van der Waals surface area contributed by atoms with E-state index in [1.807, 2.05) is 0 Å². The number of halogens is 3. The number of benzene rings is 1. The molecule has 2 aromatic rings. The van der Waals surface area contributed by atoms with Gasteiger partial charge in [-0.2, -0.15) is 0 Å². The first-order valence-corrected chi connectivity index (χ1v) is 5.36. The van der Waals surface area contributed by atoms with Gasteiger partial charge < -0.3 is 9.73 Å². The summed E-state index contributed by atoms with van der Waals surface area (Å²) in [6.45, 7) is 0. The van der Waals surface area contributed by atoms with Crippen molar-refractivity contribution in [3.63, 3.8) is 0 Å². The number of nitrogens with one attached hydrogen (secondary N) is 1. The van der Waals surface area contributed by atoms with Gasteiger partial charge in [-0.3, -0.25) is 4.79 Å². The van der Waals surface area contributed by atoms with Gasteiger partial charge in [0.1, 0.15) is 11.6 Å². The second-order valence-corrected chi connectivity index (χ2v) is 3.91. The quantitative estimate of drug-likeness (QED) is 0.921. The first-order chi connectivity index (χ1) is 8.08. The Balaban J connectivity index is 2.22. The molecule has 0 saturated heterocycles. The molecule has 1 heterocycles. The molecular formula is C11H6BrF2NO2. The molecule has 0 aliphatic rings. The lowest BCUT2D eigenvalue weighted by Crippen LogP contribution is -2.12. The van der Waals surface area contributed by atoms with Crippen LogP contribution in [0.4, 0.5) is 14.5 Å². The second-order valence-electron chi connectivity index (χ2n) is 3.19. The van der Waals surface area contributed by atoms with Crippen LogP contribution in [0.25, 0.3) is 0 Å². The Hall–Kier alpha value is -1.69. The Labute approximate surface area is 104 Å².